The standard InChI is InChI=1S/C6H10FNO2/c1-8(2)6(10)5(7)3-4-9/h3,9H,4H2,1-2H3/b5-3-. The molecule has 0 aromatic rings. The van der Waals surface area contributed by atoms with E-state index in [1.807, 2.05) is 0 Å². The fourth-order valence-corrected chi connectivity index (χ4v) is 0.381. The number of hydrogen-bond acceptors (Lipinski definition) is 2. The van der Waals surface area contributed by atoms with E-state index in [0.29, 0.717) is 0 Å². The lowest BCUT2D eigenvalue weighted by atomic mass is 10.4. The number of carbonyl (C=O) groups is 1. The Morgan fingerprint density at radius 2 is 2.20 bits per heavy atom. The number of halogens is 1. The zero-order valence-electron chi connectivity index (χ0n) is 5.97. The van der Waals surface area contributed by atoms with Gasteiger partial charge in [-0.3, -0.25) is 4.79 Å². The molecule has 0 atom stereocenters. The maximum absolute atomic E-state index is 12.4. The highest BCUT2D eigenvalue weighted by atomic mass is 19.1. The maximum atomic E-state index is 12.4. The van der Waals surface area contributed by atoms with Crippen molar-refractivity contribution in [3.8, 4) is 0 Å². The van der Waals surface area contributed by atoms with Gasteiger partial charge in [-0.1, -0.05) is 0 Å². The van der Waals surface area contributed by atoms with Crippen LogP contribution in [0.25, 0.3) is 0 Å². The molecule has 0 saturated carbocycles. The van der Waals surface area contributed by atoms with Crippen molar-refractivity contribution in [2.75, 3.05) is 20.7 Å². The highest BCUT2D eigenvalue weighted by Crippen LogP contribution is 1.98. The van der Waals surface area contributed by atoms with E-state index in [2.05, 4.69) is 0 Å². The van der Waals surface area contributed by atoms with E-state index in [1.54, 1.807) is 0 Å². The molecule has 58 valence electrons. The van der Waals surface area contributed by atoms with Crippen molar-refractivity contribution < 1.29 is 14.3 Å². The van der Waals surface area contributed by atoms with Gasteiger partial charge in [0.25, 0.3) is 5.91 Å². The topological polar surface area (TPSA) is 40.5 Å². The van der Waals surface area contributed by atoms with Crippen molar-refractivity contribution in [3.05, 3.63) is 11.9 Å². The van der Waals surface area contributed by atoms with E-state index in [4.69, 9.17) is 5.11 Å². The first-order valence-electron chi connectivity index (χ1n) is 2.77. The van der Waals surface area contributed by atoms with Gasteiger partial charge in [-0.25, -0.2) is 4.39 Å². The Labute approximate surface area is 58.8 Å². The van der Waals surface area contributed by atoms with Gasteiger partial charge in [0.2, 0.25) is 0 Å². The number of aliphatic hydroxyl groups is 1. The lowest BCUT2D eigenvalue weighted by Crippen LogP contribution is -2.21. The summed E-state index contributed by atoms with van der Waals surface area (Å²) >= 11 is 0. The van der Waals surface area contributed by atoms with E-state index in [9.17, 15) is 9.18 Å². The van der Waals surface area contributed by atoms with Crippen molar-refractivity contribution in [1.82, 2.24) is 4.90 Å². The number of aliphatic hydroxyl groups excluding tert-OH is 1. The summed E-state index contributed by atoms with van der Waals surface area (Å²) < 4.78 is 12.4. The molecule has 0 aliphatic heterocycles. The quantitative estimate of drug-likeness (QED) is 0.555. The first-order chi connectivity index (χ1) is 4.59. The minimum absolute atomic E-state index is 0.453. The summed E-state index contributed by atoms with van der Waals surface area (Å²) in [5.41, 5.74) is 0. The zero-order chi connectivity index (χ0) is 8.15. The molecule has 0 fully saturated rings. The highest BCUT2D eigenvalue weighted by molar-refractivity contribution is 5.90. The number of rotatable bonds is 2. The molecule has 0 unspecified atom stereocenters. The monoisotopic (exact) mass is 147 g/mol. The van der Waals surface area contributed by atoms with Gasteiger partial charge in [0.1, 0.15) is 0 Å². The SMILES string of the molecule is CN(C)C(=O)/C(F)=C/CO. The van der Waals surface area contributed by atoms with Gasteiger partial charge >= 0.3 is 0 Å². The first-order valence-corrected chi connectivity index (χ1v) is 2.77. The average Bonchev–Trinajstić information content (AvgIpc) is 1.87. The third-order valence-corrected chi connectivity index (χ3v) is 0.881. The lowest BCUT2D eigenvalue weighted by Gasteiger charge is -2.06. The molecular weight excluding hydrogens is 137 g/mol. The van der Waals surface area contributed by atoms with Gasteiger partial charge in [0.05, 0.1) is 6.61 Å². The molecule has 0 aromatic carbocycles. The van der Waals surface area contributed by atoms with Gasteiger partial charge in [-0.05, 0) is 6.08 Å². The van der Waals surface area contributed by atoms with Gasteiger partial charge in [-0.2, -0.15) is 0 Å². The van der Waals surface area contributed by atoms with Crippen LogP contribution in [0.2, 0.25) is 0 Å². The van der Waals surface area contributed by atoms with Crippen LogP contribution in [0.15, 0.2) is 11.9 Å². The predicted octanol–water partition coefficient (Wildman–Crippen LogP) is -0.0797. The van der Waals surface area contributed by atoms with Crippen LogP contribution >= 0.6 is 0 Å². The van der Waals surface area contributed by atoms with Crippen LogP contribution in [0.5, 0.6) is 0 Å². The minimum Gasteiger partial charge on any atom is -0.392 e. The Hall–Kier alpha value is -0.900. The molecule has 0 rings (SSSR count). The number of nitrogens with zero attached hydrogens (tertiary/aromatic N) is 1. The number of hydrogen-bond donors (Lipinski definition) is 1. The molecule has 1 amide bonds. The Bertz CT molecular complexity index is 154. The number of amides is 1. The number of likely N-dealkylation sites (N-methyl/N-ethyl adjacent to an activating group) is 1. The molecule has 3 nitrogen and oxygen atoms in total. The van der Waals surface area contributed by atoms with E-state index in [-0.39, 0.29) is 0 Å². The largest absolute Gasteiger partial charge is 0.392 e. The van der Waals surface area contributed by atoms with Gasteiger partial charge in [-0.15, -0.1) is 0 Å². The summed E-state index contributed by atoms with van der Waals surface area (Å²) in [7, 11) is 2.88. The Kier molecular flexibility index (Phi) is 3.64. The van der Waals surface area contributed by atoms with Gasteiger partial charge in [0.15, 0.2) is 5.83 Å². The molecular formula is C6H10FNO2. The van der Waals surface area contributed by atoms with Crippen LogP contribution in [0.1, 0.15) is 0 Å². The van der Waals surface area contributed by atoms with Crippen LogP contribution in [-0.2, 0) is 4.79 Å². The first kappa shape index (κ1) is 9.10. The summed E-state index contributed by atoms with van der Waals surface area (Å²) in [5, 5.41) is 8.18. The molecule has 0 aliphatic carbocycles. The van der Waals surface area contributed by atoms with Crippen molar-refractivity contribution in [2.45, 2.75) is 0 Å². The molecule has 1 N–H and O–H groups in total. The third kappa shape index (κ3) is 2.59. The molecule has 4 heteroatoms. The molecule has 10 heavy (non-hydrogen) atoms. The number of carbonyl (C=O) groups excluding carboxylic acids is 1. The zero-order valence-corrected chi connectivity index (χ0v) is 5.97. The lowest BCUT2D eigenvalue weighted by molar-refractivity contribution is -0.126. The van der Waals surface area contributed by atoms with E-state index >= 15 is 0 Å². The van der Waals surface area contributed by atoms with Crippen LogP contribution in [-0.4, -0.2) is 36.6 Å². The fraction of sp³-hybridized carbons (Fsp3) is 0.500. The van der Waals surface area contributed by atoms with Crippen LogP contribution in [0, 0.1) is 0 Å². The molecule has 0 radical (unpaired) electrons. The van der Waals surface area contributed by atoms with Crippen molar-refractivity contribution >= 4 is 5.91 Å². The van der Waals surface area contributed by atoms with E-state index in [0.717, 1.165) is 11.0 Å². The van der Waals surface area contributed by atoms with E-state index in [1.165, 1.54) is 14.1 Å². The smallest absolute Gasteiger partial charge is 0.281 e. The normalized spacial score (nSPS) is 11.4. The van der Waals surface area contributed by atoms with Gasteiger partial charge in [0, 0.05) is 14.1 Å². The maximum Gasteiger partial charge on any atom is 0.281 e. The summed E-state index contributed by atoms with van der Waals surface area (Å²) in [6, 6.07) is 0. The van der Waals surface area contributed by atoms with Crippen LogP contribution in [0.3, 0.4) is 0 Å². The van der Waals surface area contributed by atoms with Crippen molar-refractivity contribution in [2.24, 2.45) is 0 Å². The predicted molar refractivity (Wildman–Crippen MR) is 35.0 cm³/mol. The van der Waals surface area contributed by atoms with Gasteiger partial charge < -0.3 is 10.0 Å². The third-order valence-electron chi connectivity index (χ3n) is 0.881. The average molecular weight is 147 g/mol. The fourth-order valence-electron chi connectivity index (χ4n) is 0.381. The highest BCUT2D eigenvalue weighted by Gasteiger charge is 2.08. The van der Waals surface area contributed by atoms with E-state index < -0.39 is 18.3 Å². The Balaban J connectivity index is 4.08. The summed E-state index contributed by atoms with van der Waals surface area (Å²) in [6.07, 6.45) is 0.822. The van der Waals surface area contributed by atoms with Crippen molar-refractivity contribution in [3.63, 3.8) is 0 Å². The second-order valence-corrected chi connectivity index (χ2v) is 1.93. The second-order valence-electron chi connectivity index (χ2n) is 1.93. The van der Waals surface area contributed by atoms with Crippen LogP contribution in [0.4, 0.5) is 4.39 Å². The molecule has 0 aliphatic rings. The Morgan fingerprint density at radius 3 is 2.50 bits per heavy atom. The van der Waals surface area contributed by atoms with Crippen LogP contribution < -0.4 is 0 Å². The molecule has 0 spiro atoms. The second kappa shape index (κ2) is 4.00. The van der Waals surface area contributed by atoms with Crippen molar-refractivity contribution in [1.29, 1.82) is 0 Å². The summed E-state index contributed by atoms with van der Waals surface area (Å²) in [5.74, 6) is -1.65. The molecule has 0 heterocycles. The molecule has 0 saturated heterocycles. The Morgan fingerprint density at radius 1 is 1.70 bits per heavy atom. The molecule has 0 bridgehead atoms. The molecule has 0 aromatic heterocycles. The minimum atomic E-state index is -0.924. The summed E-state index contributed by atoms with van der Waals surface area (Å²) in [6.45, 7) is -0.453. The summed E-state index contributed by atoms with van der Waals surface area (Å²) in [4.78, 5) is 11.7.